The van der Waals surface area contributed by atoms with E-state index in [0.29, 0.717) is 0 Å². The average molecular weight is 378 g/mol. The van der Waals surface area contributed by atoms with Gasteiger partial charge in [-0.2, -0.15) is 0 Å². The van der Waals surface area contributed by atoms with E-state index >= 15 is 0 Å². The number of aromatic nitrogens is 2. The van der Waals surface area contributed by atoms with Crippen molar-refractivity contribution in [3.05, 3.63) is 47.0 Å². The number of rotatable bonds is 6. The number of aliphatic carboxylic acids is 1. The van der Waals surface area contributed by atoms with Crippen molar-refractivity contribution in [2.75, 3.05) is 0 Å². The molecule has 1 aliphatic rings. The van der Waals surface area contributed by atoms with Gasteiger partial charge in [-0.25, -0.2) is 4.98 Å². The van der Waals surface area contributed by atoms with Crippen LogP contribution < -0.4 is 5.32 Å². The predicted octanol–water partition coefficient (Wildman–Crippen LogP) is 2.62. The third kappa shape index (κ3) is 3.98. The first-order valence-electron chi connectivity index (χ1n) is 7.35. The van der Waals surface area contributed by atoms with Gasteiger partial charge >= 0.3 is 5.97 Å². The summed E-state index contributed by atoms with van der Waals surface area (Å²) in [5.41, 5.74) is 1.17. The van der Waals surface area contributed by atoms with Crippen molar-refractivity contribution in [3.8, 4) is 5.69 Å². The number of benzene rings is 1. The van der Waals surface area contributed by atoms with Gasteiger partial charge < -0.3 is 15.0 Å². The maximum Gasteiger partial charge on any atom is 0.305 e. The Labute approximate surface area is 141 Å². The number of nitrogens with zero attached hydrogens (tertiary/aromatic N) is 2. The van der Waals surface area contributed by atoms with Crippen molar-refractivity contribution in [2.45, 2.75) is 25.3 Å². The van der Waals surface area contributed by atoms with Crippen LogP contribution in [0.3, 0.4) is 0 Å². The SMILES string of the molecule is O=C(O)CC(NC(=O)c1cn(-c2ccc(Br)cc2)cn1)C1CC1. The Morgan fingerprint density at radius 3 is 2.65 bits per heavy atom. The quantitative estimate of drug-likeness (QED) is 0.810. The van der Waals surface area contributed by atoms with Gasteiger partial charge in [0.15, 0.2) is 0 Å². The molecule has 1 fully saturated rings. The standard InChI is InChI=1S/C16H16BrN3O3/c17-11-3-5-12(6-4-11)20-8-14(18-9-20)16(23)19-13(7-15(21)22)10-1-2-10/h3-6,8-10,13H,1-2,7H2,(H,19,23)(H,21,22). The lowest BCUT2D eigenvalue weighted by molar-refractivity contribution is -0.137. The Morgan fingerprint density at radius 2 is 2.04 bits per heavy atom. The van der Waals surface area contributed by atoms with Gasteiger partial charge in [0, 0.05) is 22.4 Å². The van der Waals surface area contributed by atoms with Crippen molar-refractivity contribution >= 4 is 27.8 Å². The molecule has 1 aromatic heterocycles. The first-order chi connectivity index (χ1) is 11.0. The lowest BCUT2D eigenvalue weighted by atomic mass is 10.1. The van der Waals surface area contributed by atoms with Gasteiger partial charge in [-0.15, -0.1) is 0 Å². The molecule has 1 atom stereocenters. The Balaban J connectivity index is 1.70. The highest BCUT2D eigenvalue weighted by atomic mass is 79.9. The summed E-state index contributed by atoms with van der Waals surface area (Å²) >= 11 is 3.38. The molecule has 1 saturated carbocycles. The van der Waals surface area contributed by atoms with Gasteiger partial charge in [-0.1, -0.05) is 15.9 Å². The van der Waals surface area contributed by atoms with E-state index in [1.807, 2.05) is 24.3 Å². The van der Waals surface area contributed by atoms with E-state index in [1.165, 1.54) is 0 Å². The fourth-order valence-corrected chi connectivity index (χ4v) is 2.72. The Kier molecular flexibility index (Phi) is 4.47. The third-order valence-electron chi connectivity index (χ3n) is 3.84. The second kappa shape index (κ2) is 6.54. The number of imidazole rings is 1. The second-order valence-corrected chi connectivity index (χ2v) is 6.57. The van der Waals surface area contributed by atoms with Gasteiger partial charge in [0.1, 0.15) is 12.0 Å². The fourth-order valence-electron chi connectivity index (χ4n) is 2.46. The molecule has 3 rings (SSSR count). The minimum Gasteiger partial charge on any atom is -0.481 e. The molecule has 0 aliphatic heterocycles. The maximum absolute atomic E-state index is 12.3. The molecule has 0 radical (unpaired) electrons. The smallest absolute Gasteiger partial charge is 0.305 e. The number of nitrogens with one attached hydrogen (secondary N) is 1. The van der Waals surface area contributed by atoms with Crippen LogP contribution in [-0.2, 0) is 4.79 Å². The van der Waals surface area contributed by atoms with Crippen LogP contribution in [0.15, 0.2) is 41.3 Å². The highest BCUT2D eigenvalue weighted by Crippen LogP contribution is 2.34. The molecule has 0 saturated heterocycles. The van der Waals surface area contributed by atoms with E-state index < -0.39 is 5.97 Å². The van der Waals surface area contributed by atoms with Crippen LogP contribution in [0, 0.1) is 5.92 Å². The zero-order chi connectivity index (χ0) is 16.4. The van der Waals surface area contributed by atoms with E-state index in [9.17, 15) is 9.59 Å². The van der Waals surface area contributed by atoms with E-state index in [0.717, 1.165) is 23.0 Å². The largest absolute Gasteiger partial charge is 0.481 e. The number of carboxylic acid groups (broad SMARTS) is 1. The predicted molar refractivity (Wildman–Crippen MR) is 87.5 cm³/mol. The van der Waals surface area contributed by atoms with Crippen molar-refractivity contribution < 1.29 is 14.7 Å². The van der Waals surface area contributed by atoms with Crippen LogP contribution in [0.1, 0.15) is 29.8 Å². The minimum absolute atomic E-state index is 0.0518. The summed E-state index contributed by atoms with van der Waals surface area (Å²) in [4.78, 5) is 27.3. The summed E-state index contributed by atoms with van der Waals surface area (Å²) < 4.78 is 2.73. The molecule has 1 amide bonds. The molecular formula is C16H16BrN3O3. The zero-order valence-electron chi connectivity index (χ0n) is 12.3. The molecule has 1 unspecified atom stereocenters. The van der Waals surface area contributed by atoms with Gasteiger partial charge in [0.25, 0.3) is 5.91 Å². The second-order valence-electron chi connectivity index (χ2n) is 5.66. The molecule has 120 valence electrons. The Hall–Kier alpha value is -2.15. The van der Waals surface area contributed by atoms with Crippen molar-refractivity contribution in [3.63, 3.8) is 0 Å². The topological polar surface area (TPSA) is 84.2 Å². The van der Waals surface area contributed by atoms with Crippen molar-refractivity contribution in [2.24, 2.45) is 5.92 Å². The van der Waals surface area contributed by atoms with Crippen LogP contribution in [0.2, 0.25) is 0 Å². The summed E-state index contributed by atoms with van der Waals surface area (Å²) in [6.07, 6.45) is 5.09. The number of amides is 1. The normalized spacial score (nSPS) is 15.2. The monoisotopic (exact) mass is 377 g/mol. The summed E-state index contributed by atoms with van der Waals surface area (Å²) in [6.45, 7) is 0. The van der Waals surface area contributed by atoms with E-state index in [1.54, 1.807) is 17.1 Å². The number of halogens is 1. The average Bonchev–Trinajstić information content (AvgIpc) is 3.24. The zero-order valence-corrected chi connectivity index (χ0v) is 13.9. The van der Waals surface area contributed by atoms with E-state index in [-0.39, 0.29) is 30.0 Å². The highest BCUT2D eigenvalue weighted by molar-refractivity contribution is 9.10. The fraction of sp³-hybridized carbons (Fsp3) is 0.312. The molecule has 7 heteroatoms. The molecule has 1 aliphatic carbocycles. The highest BCUT2D eigenvalue weighted by Gasteiger charge is 2.34. The van der Waals surface area contributed by atoms with Crippen LogP contribution in [0.25, 0.3) is 5.69 Å². The molecule has 2 N–H and O–H groups in total. The van der Waals surface area contributed by atoms with Crippen LogP contribution >= 0.6 is 15.9 Å². The number of carboxylic acids is 1. The lowest BCUT2D eigenvalue weighted by Gasteiger charge is -2.15. The third-order valence-corrected chi connectivity index (χ3v) is 4.37. The molecule has 2 aromatic rings. The molecule has 6 nitrogen and oxygen atoms in total. The first kappa shape index (κ1) is 15.7. The van der Waals surface area contributed by atoms with Crippen LogP contribution in [0.4, 0.5) is 0 Å². The summed E-state index contributed by atoms with van der Waals surface area (Å²) in [5, 5.41) is 11.7. The molecule has 1 aromatic carbocycles. The van der Waals surface area contributed by atoms with E-state index in [2.05, 4.69) is 26.2 Å². The number of hydrogen-bond acceptors (Lipinski definition) is 3. The number of carbonyl (C=O) groups is 2. The molecule has 1 heterocycles. The molecule has 0 bridgehead atoms. The van der Waals surface area contributed by atoms with Gasteiger partial charge in [0.05, 0.1) is 6.42 Å². The first-order valence-corrected chi connectivity index (χ1v) is 8.15. The minimum atomic E-state index is -0.900. The maximum atomic E-state index is 12.3. The van der Waals surface area contributed by atoms with Gasteiger partial charge in [-0.05, 0) is 43.0 Å². The van der Waals surface area contributed by atoms with Crippen LogP contribution in [-0.4, -0.2) is 32.6 Å². The Bertz CT molecular complexity index is 722. The number of hydrogen-bond donors (Lipinski definition) is 2. The molecule has 0 spiro atoms. The number of carbonyl (C=O) groups excluding carboxylic acids is 1. The molecule has 23 heavy (non-hydrogen) atoms. The van der Waals surface area contributed by atoms with Crippen molar-refractivity contribution in [1.29, 1.82) is 0 Å². The van der Waals surface area contributed by atoms with Gasteiger partial charge in [0.2, 0.25) is 0 Å². The summed E-state index contributed by atoms with van der Waals surface area (Å²) in [6, 6.07) is 7.31. The molecular weight excluding hydrogens is 362 g/mol. The van der Waals surface area contributed by atoms with Crippen LogP contribution in [0.5, 0.6) is 0 Å². The lowest BCUT2D eigenvalue weighted by Crippen LogP contribution is -2.38. The van der Waals surface area contributed by atoms with Crippen molar-refractivity contribution in [1.82, 2.24) is 14.9 Å². The Morgan fingerprint density at radius 1 is 1.35 bits per heavy atom. The van der Waals surface area contributed by atoms with Gasteiger partial charge in [-0.3, -0.25) is 9.59 Å². The summed E-state index contributed by atoms with van der Waals surface area (Å²) in [7, 11) is 0. The van der Waals surface area contributed by atoms with E-state index in [4.69, 9.17) is 5.11 Å². The summed E-state index contributed by atoms with van der Waals surface area (Å²) in [5.74, 6) is -0.967.